The molecule has 0 amide bonds. The van der Waals surface area contributed by atoms with Crippen molar-refractivity contribution in [1.29, 1.82) is 0 Å². The topological polar surface area (TPSA) is 65.2 Å². The lowest BCUT2D eigenvalue weighted by Crippen LogP contribution is -2.39. The SMILES string of the molecule is CC1(C)C[C@@H](N=Cc2c(O)ccc3ccccc23)C[C@@](C)(CN=Cc2c(O)ccc3ccccc23)C1. The Hall–Kier alpha value is -3.66. The van der Waals surface area contributed by atoms with Crippen LogP contribution in [0.25, 0.3) is 21.5 Å². The van der Waals surface area contributed by atoms with Gasteiger partial charge < -0.3 is 10.2 Å². The number of aromatic hydroxyl groups is 2. The fraction of sp³-hybridized carbons (Fsp3) is 0.312. The Balaban J connectivity index is 1.38. The molecule has 0 heterocycles. The van der Waals surface area contributed by atoms with E-state index >= 15 is 0 Å². The number of hydrogen-bond donors (Lipinski definition) is 2. The summed E-state index contributed by atoms with van der Waals surface area (Å²) < 4.78 is 0. The second-order valence-corrected chi connectivity index (χ2v) is 11.4. The molecule has 1 saturated carbocycles. The molecule has 1 fully saturated rings. The maximum Gasteiger partial charge on any atom is 0.124 e. The number of hydrogen-bond acceptors (Lipinski definition) is 4. The minimum Gasteiger partial charge on any atom is -0.507 e. The van der Waals surface area contributed by atoms with E-state index in [4.69, 9.17) is 9.98 Å². The Bertz CT molecular complexity index is 1470. The summed E-state index contributed by atoms with van der Waals surface area (Å²) >= 11 is 0. The largest absolute Gasteiger partial charge is 0.507 e. The predicted molar refractivity (Wildman–Crippen MR) is 151 cm³/mol. The van der Waals surface area contributed by atoms with Gasteiger partial charge in [-0.2, -0.15) is 0 Å². The molecule has 0 aliphatic heterocycles. The van der Waals surface area contributed by atoms with Crippen LogP contribution in [0.5, 0.6) is 11.5 Å². The van der Waals surface area contributed by atoms with Crippen molar-refractivity contribution in [3.63, 3.8) is 0 Å². The van der Waals surface area contributed by atoms with Gasteiger partial charge in [-0.15, -0.1) is 0 Å². The van der Waals surface area contributed by atoms with Gasteiger partial charge in [0.15, 0.2) is 0 Å². The molecule has 2 atom stereocenters. The van der Waals surface area contributed by atoms with Gasteiger partial charge in [-0.1, -0.05) is 81.4 Å². The van der Waals surface area contributed by atoms with Gasteiger partial charge in [0, 0.05) is 30.1 Å². The molecule has 184 valence electrons. The molecule has 0 aromatic heterocycles. The molecule has 0 bridgehead atoms. The van der Waals surface area contributed by atoms with Gasteiger partial charge >= 0.3 is 0 Å². The molecule has 4 heteroatoms. The van der Waals surface area contributed by atoms with E-state index < -0.39 is 0 Å². The summed E-state index contributed by atoms with van der Waals surface area (Å²) in [5, 5.41) is 25.2. The molecule has 1 aliphatic rings. The normalized spacial score (nSPS) is 22.1. The molecule has 36 heavy (non-hydrogen) atoms. The smallest absolute Gasteiger partial charge is 0.124 e. The highest BCUT2D eigenvalue weighted by molar-refractivity contribution is 6.03. The van der Waals surface area contributed by atoms with E-state index in [1.54, 1.807) is 12.1 Å². The standard InChI is InChI=1S/C32H34N2O2/c1-31(2)16-24(34-19-28-26-11-7-5-9-23(26)13-15-30(28)36)17-32(3,20-31)21-33-18-27-25-10-6-4-8-22(25)12-14-29(27)35/h4-15,18-19,24,35-36H,16-17,20-21H2,1-3H3/t24-,32-/m1/s1. The highest BCUT2D eigenvalue weighted by Crippen LogP contribution is 2.47. The molecule has 0 unspecified atom stereocenters. The molecule has 5 rings (SSSR count). The third-order valence-corrected chi connectivity index (χ3v) is 7.43. The number of benzene rings is 4. The minimum absolute atomic E-state index is 0.0126. The first-order valence-electron chi connectivity index (χ1n) is 12.7. The maximum absolute atomic E-state index is 10.5. The Morgan fingerprint density at radius 3 is 1.92 bits per heavy atom. The average molecular weight is 479 g/mol. The number of phenolic OH excluding ortho intramolecular Hbond substituents is 2. The van der Waals surface area contributed by atoms with Crippen molar-refractivity contribution in [3.8, 4) is 11.5 Å². The summed E-state index contributed by atoms with van der Waals surface area (Å²) in [7, 11) is 0. The molecule has 0 spiro atoms. The third-order valence-electron chi connectivity index (χ3n) is 7.43. The van der Waals surface area contributed by atoms with Gasteiger partial charge in [0.1, 0.15) is 11.5 Å². The van der Waals surface area contributed by atoms with Gasteiger partial charge in [-0.25, -0.2) is 0 Å². The van der Waals surface area contributed by atoms with Crippen molar-refractivity contribution in [2.45, 2.75) is 46.1 Å². The summed E-state index contributed by atoms with van der Waals surface area (Å²) in [5.74, 6) is 0.513. The molecule has 0 radical (unpaired) electrons. The zero-order chi connectivity index (χ0) is 25.3. The van der Waals surface area contributed by atoms with E-state index in [2.05, 4.69) is 26.8 Å². The van der Waals surface area contributed by atoms with E-state index in [1.165, 1.54) is 0 Å². The monoisotopic (exact) mass is 478 g/mol. The summed E-state index contributed by atoms with van der Waals surface area (Å²) in [5.41, 5.74) is 1.67. The van der Waals surface area contributed by atoms with Gasteiger partial charge in [0.2, 0.25) is 0 Å². The minimum atomic E-state index is -0.0126. The molecular formula is C32H34N2O2. The number of aliphatic imine (C=N–C) groups is 2. The van der Waals surface area contributed by atoms with Crippen LogP contribution in [0.15, 0.2) is 82.8 Å². The van der Waals surface area contributed by atoms with Crippen molar-refractivity contribution < 1.29 is 10.2 Å². The first-order chi connectivity index (χ1) is 17.2. The van der Waals surface area contributed by atoms with Crippen molar-refractivity contribution in [2.24, 2.45) is 20.8 Å². The first-order valence-corrected chi connectivity index (χ1v) is 12.7. The number of phenols is 2. The van der Waals surface area contributed by atoms with Gasteiger partial charge in [0.05, 0.1) is 6.04 Å². The third kappa shape index (κ3) is 4.99. The van der Waals surface area contributed by atoms with Crippen LogP contribution in [0.1, 0.15) is 51.2 Å². The fourth-order valence-corrected chi connectivity index (χ4v) is 6.18. The second-order valence-electron chi connectivity index (χ2n) is 11.4. The first kappa shape index (κ1) is 24.1. The highest BCUT2D eigenvalue weighted by atomic mass is 16.3. The van der Waals surface area contributed by atoms with Crippen LogP contribution in [0.2, 0.25) is 0 Å². The van der Waals surface area contributed by atoms with Gasteiger partial charge in [0.25, 0.3) is 0 Å². The predicted octanol–water partition coefficient (Wildman–Crippen LogP) is 7.53. The van der Waals surface area contributed by atoms with Crippen molar-refractivity contribution in [1.82, 2.24) is 0 Å². The number of rotatable bonds is 5. The van der Waals surface area contributed by atoms with Crippen LogP contribution in [0.3, 0.4) is 0 Å². The zero-order valence-corrected chi connectivity index (χ0v) is 21.3. The van der Waals surface area contributed by atoms with Crippen LogP contribution >= 0.6 is 0 Å². The Morgan fingerprint density at radius 2 is 1.31 bits per heavy atom. The molecule has 2 N–H and O–H groups in total. The summed E-state index contributed by atoms with van der Waals surface area (Å²) in [6.45, 7) is 7.59. The molecule has 4 aromatic rings. The van der Waals surface area contributed by atoms with Gasteiger partial charge in [-0.05, 0) is 63.8 Å². The van der Waals surface area contributed by atoms with Gasteiger partial charge in [-0.3, -0.25) is 9.98 Å². The van der Waals surface area contributed by atoms with E-state index in [1.807, 2.05) is 67.0 Å². The number of nitrogens with zero attached hydrogens (tertiary/aromatic N) is 2. The average Bonchev–Trinajstić information content (AvgIpc) is 2.83. The molecule has 4 nitrogen and oxygen atoms in total. The molecule has 1 aliphatic carbocycles. The van der Waals surface area contributed by atoms with Crippen LogP contribution in [0.4, 0.5) is 0 Å². The Kier molecular flexibility index (Phi) is 6.29. The number of fused-ring (bicyclic) bond motifs is 2. The van der Waals surface area contributed by atoms with Crippen LogP contribution in [-0.2, 0) is 0 Å². The van der Waals surface area contributed by atoms with Crippen molar-refractivity contribution >= 4 is 34.0 Å². The summed E-state index contributed by atoms with van der Waals surface area (Å²) in [6, 6.07) is 23.7. The lowest BCUT2D eigenvalue weighted by Gasteiger charge is -2.45. The van der Waals surface area contributed by atoms with Crippen LogP contribution < -0.4 is 0 Å². The molecular weight excluding hydrogens is 444 g/mol. The summed E-state index contributed by atoms with van der Waals surface area (Å²) in [6.07, 6.45) is 6.68. The Labute approximate surface area is 213 Å². The fourth-order valence-electron chi connectivity index (χ4n) is 6.18. The van der Waals surface area contributed by atoms with E-state index in [-0.39, 0.29) is 28.4 Å². The maximum atomic E-state index is 10.5. The summed E-state index contributed by atoms with van der Waals surface area (Å²) in [4.78, 5) is 9.84. The van der Waals surface area contributed by atoms with E-state index in [9.17, 15) is 10.2 Å². The molecule has 0 saturated heterocycles. The lowest BCUT2D eigenvalue weighted by atomic mass is 9.63. The van der Waals surface area contributed by atoms with Crippen molar-refractivity contribution in [2.75, 3.05) is 6.54 Å². The Morgan fingerprint density at radius 1 is 0.750 bits per heavy atom. The second kappa shape index (κ2) is 9.42. The van der Waals surface area contributed by atoms with E-state index in [0.717, 1.165) is 51.9 Å². The van der Waals surface area contributed by atoms with Crippen molar-refractivity contribution in [3.05, 3.63) is 83.9 Å². The van der Waals surface area contributed by atoms with Crippen LogP contribution in [0, 0.1) is 10.8 Å². The van der Waals surface area contributed by atoms with Crippen LogP contribution in [-0.4, -0.2) is 35.2 Å². The highest BCUT2D eigenvalue weighted by Gasteiger charge is 2.41. The van der Waals surface area contributed by atoms with E-state index in [0.29, 0.717) is 6.54 Å². The lowest BCUT2D eigenvalue weighted by molar-refractivity contribution is 0.0918. The molecule has 4 aromatic carbocycles. The zero-order valence-electron chi connectivity index (χ0n) is 21.3. The quantitative estimate of drug-likeness (QED) is 0.291.